The number of hydrogen-bond acceptors (Lipinski definition) is 3. The second-order valence-electron chi connectivity index (χ2n) is 4.43. The standard InChI is InChI=1S/C13H22N2O/c1-11(16)7-9-15(2)10-8-12-3-5-13(14)6-4-12/h3-6,11,16H,7-10,14H2,1-2H3. The lowest BCUT2D eigenvalue weighted by atomic mass is 10.1. The molecule has 3 heteroatoms. The van der Waals surface area contributed by atoms with Crippen LogP contribution in [0.5, 0.6) is 0 Å². The van der Waals surface area contributed by atoms with Gasteiger partial charge in [0.2, 0.25) is 0 Å². The molecule has 16 heavy (non-hydrogen) atoms. The third-order valence-electron chi connectivity index (χ3n) is 2.69. The van der Waals surface area contributed by atoms with Gasteiger partial charge in [-0.1, -0.05) is 12.1 Å². The maximum atomic E-state index is 9.18. The van der Waals surface area contributed by atoms with E-state index in [2.05, 4.69) is 24.1 Å². The molecular formula is C13H22N2O. The molecule has 0 spiro atoms. The van der Waals surface area contributed by atoms with Crippen molar-refractivity contribution in [3.8, 4) is 0 Å². The van der Waals surface area contributed by atoms with Crippen molar-refractivity contribution >= 4 is 5.69 Å². The number of aliphatic hydroxyl groups is 1. The molecule has 0 amide bonds. The zero-order valence-corrected chi connectivity index (χ0v) is 10.2. The lowest BCUT2D eigenvalue weighted by Crippen LogP contribution is -2.24. The fourth-order valence-electron chi connectivity index (χ4n) is 1.52. The monoisotopic (exact) mass is 222 g/mol. The Bertz CT molecular complexity index is 295. The summed E-state index contributed by atoms with van der Waals surface area (Å²) in [6.07, 6.45) is 1.65. The maximum absolute atomic E-state index is 9.18. The van der Waals surface area contributed by atoms with Gasteiger partial charge in [0, 0.05) is 18.8 Å². The van der Waals surface area contributed by atoms with Crippen molar-refractivity contribution in [2.24, 2.45) is 0 Å². The van der Waals surface area contributed by atoms with Crippen molar-refractivity contribution in [3.63, 3.8) is 0 Å². The number of nitrogens with two attached hydrogens (primary N) is 1. The van der Waals surface area contributed by atoms with Crippen LogP contribution in [0.2, 0.25) is 0 Å². The molecule has 0 saturated carbocycles. The molecule has 0 aliphatic rings. The first-order valence-corrected chi connectivity index (χ1v) is 5.79. The number of anilines is 1. The molecule has 1 aromatic carbocycles. The van der Waals surface area contributed by atoms with E-state index in [1.165, 1.54) is 5.56 Å². The van der Waals surface area contributed by atoms with Crippen molar-refractivity contribution in [3.05, 3.63) is 29.8 Å². The summed E-state index contributed by atoms with van der Waals surface area (Å²) in [5.41, 5.74) is 7.74. The fourth-order valence-corrected chi connectivity index (χ4v) is 1.52. The van der Waals surface area contributed by atoms with Gasteiger partial charge in [-0.15, -0.1) is 0 Å². The van der Waals surface area contributed by atoms with Crippen LogP contribution < -0.4 is 5.73 Å². The van der Waals surface area contributed by atoms with E-state index >= 15 is 0 Å². The molecule has 3 N–H and O–H groups in total. The SMILES string of the molecule is CC(O)CCN(C)CCc1ccc(N)cc1. The highest BCUT2D eigenvalue weighted by molar-refractivity contribution is 5.39. The number of nitrogen functional groups attached to an aromatic ring is 1. The minimum atomic E-state index is -0.209. The average molecular weight is 222 g/mol. The number of benzene rings is 1. The number of likely N-dealkylation sites (N-methyl/N-ethyl adjacent to an activating group) is 1. The van der Waals surface area contributed by atoms with Crippen LogP contribution in [0, 0.1) is 0 Å². The Morgan fingerprint density at radius 3 is 2.44 bits per heavy atom. The van der Waals surface area contributed by atoms with Gasteiger partial charge in [0.25, 0.3) is 0 Å². The second kappa shape index (κ2) is 6.51. The number of hydrogen-bond donors (Lipinski definition) is 2. The first-order chi connectivity index (χ1) is 7.58. The summed E-state index contributed by atoms with van der Waals surface area (Å²) in [7, 11) is 2.08. The van der Waals surface area contributed by atoms with Gasteiger partial charge in [-0.25, -0.2) is 0 Å². The molecule has 1 unspecified atom stereocenters. The van der Waals surface area contributed by atoms with Crippen molar-refractivity contribution in [1.29, 1.82) is 0 Å². The third-order valence-corrected chi connectivity index (χ3v) is 2.69. The number of nitrogens with zero attached hydrogens (tertiary/aromatic N) is 1. The Hall–Kier alpha value is -1.06. The van der Waals surface area contributed by atoms with Crippen LogP contribution in [0.25, 0.3) is 0 Å². The normalized spacial score (nSPS) is 13.0. The summed E-state index contributed by atoms with van der Waals surface area (Å²) < 4.78 is 0. The molecule has 1 atom stereocenters. The predicted molar refractivity (Wildman–Crippen MR) is 68.4 cm³/mol. The zero-order valence-electron chi connectivity index (χ0n) is 10.2. The fraction of sp³-hybridized carbons (Fsp3) is 0.538. The molecule has 0 bridgehead atoms. The van der Waals surface area contributed by atoms with Crippen LogP contribution in [0.1, 0.15) is 18.9 Å². The van der Waals surface area contributed by atoms with Gasteiger partial charge in [0.15, 0.2) is 0 Å². The summed E-state index contributed by atoms with van der Waals surface area (Å²) in [5, 5.41) is 9.18. The van der Waals surface area contributed by atoms with Gasteiger partial charge < -0.3 is 15.7 Å². The molecule has 0 radical (unpaired) electrons. The average Bonchev–Trinajstić information content (AvgIpc) is 2.25. The number of rotatable bonds is 6. The van der Waals surface area contributed by atoms with E-state index in [4.69, 9.17) is 5.73 Å². The smallest absolute Gasteiger partial charge is 0.0524 e. The highest BCUT2D eigenvalue weighted by atomic mass is 16.3. The Kier molecular flexibility index (Phi) is 5.29. The second-order valence-corrected chi connectivity index (χ2v) is 4.43. The Morgan fingerprint density at radius 1 is 1.25 bits per heavy atom. The van der Waals surface area contributed by atoms with Crippen molar-refractivity contribution in [1.82, 2.24) is 4.90 Å². The van der Waals surface area contributed by atoms with Crippen molar-refractivity contribution in [2.45, 2.75) is 25.9 Å². The highest BCUT2D eigenvalue weighted by Gasteiger charge is 2.01. The molecule has 0 aliphatic heterocycles. The van der Waals surface area contributed by atoms with E-state index in [0.717, 1.165) is 31.6 Å². The highest BCUT2D eigenvalue weighted by Crippen LogP contribution is 2.06. The molecule has 90 valence electrons. The lowest BCUT2D eigenvalue weighted by Gasteiger charge is -2.17. The topological polar surface area (TPSA) is 49.5 Å². The van der Waals surface area contributed by atoms with Gasteiger partial charge in [-0.05, 0) is 44.5 Å². The molecular weight excluding hydrogens is 200 g/mol. The molecule has 3 nitrogen and oxygen atoms in total. The van der Waals surface area contributed by atoms with Gasteiger partial charge in [0.05, 0.1) is 6.10 Å². The minimum Gasteiger partial charge on any atom is -0.399 e. The minimum absolute atomic E-state index is 0.209. The molecule has 0 heterocycles. The Morgan fingerprint density at radius 2 is 1.88 bits per heavy atom. The molecule has 1 rings (SSSR count). The summed E-state index contributed by atoms with van der Waals surface area (Å²) in [4.78, 5) is 2.24. The van der Waals surface area contributed by atoms with Crippen LogP contribution in [0.4, 0.5) is 5.69 Å². The predicted octanol–water partition coefficient (Wildman–Crippen LogP) is 1.51. The summed E-state index contributed by atoms with van der Waals surface area (Å²) in [5.74, 6) is 0. The van der Waals surface area contributed by atoms with E-state index in [0.29, 0.717) is 0 Å². The van der Waals surface area contributed by atoms with E-state index in [9.17, 15) is 5.11 Å². The van der Waals surface area contributed by atoms with E-state index in [1.807, 2.05) is 19.1 Å². The molecule has 0 fully saturated rings. The van der Waals surface area contributed by atoms with Crippen LogP contribution in [0.3, 0.4) is 0 Å². The van der Waals surface area contributed by atoms with Crippen molar-refractivity contribution in [2.75, 3.05) is 25.9 Å². The molecule has 1 aromatic rings. The third kappa shape index (κ3) is 5.14. The lowest BCUT2D eigenvalue weighted by molar-refractivity contribution is 0.165. The van der Waals surface area contributed by atoms with Crippen LogP contribution >= 0.6 is 0 Å². The number of aliphatic hydroxyl groups excluding tert-OH is 1. The van der Waals surface area contributed by atoms with E-state index in [1.54, 1.807) is 0 Å². The first-order valence-electron chi connectivity index (χ1n) is 5.79. The largest absolute Gasteiger partial charge is 0.399 e. The van der Waals surface area contributed by atoms with Gasteiger partial charge in [-0.3, -0.25) is 0 Å². The van der Waals surface area contributed by atoms with E-state index < -0.39 is 0 Å². The van der Waals surface area contributed by atoms with Crippen LogP contribution in [0.15, 0.2) is 24.3 Å². The summed E-state index contributed by atoms with van der Waals surface area (Å²) in [6, 6.07) is 8.01. The maximum Gasteiger partial charge on any atom is 0.0524 e. The van der Waals surface area contributed by atoms with E-state index in [-0.39, 0.29) is 6.10 Å². The van der Waals surface area contributed by atoms with Gasteiger partial charge in [-0.2, -0.15) is 0 Å². The molecule has 0 saturated heterocycles. The Balaban J connectivity index is 2.26. The molecule has 0 aromatic heterocycles. The first kappa shape index (κ1) is 13.0. The quantitative estimate of drug-likeness (QED) is 0.717. The van der Waals surface area contributed by atoms with Crippen LogP contribution in [-0.2, 0) is 6.42 Å². The summed E-state index contributed by atoms with van der Waals surface area (Å²) in [6.45, 7) is 3.77. The summed E-state index contributed by atoms with van der Waals surface area (Å²) >= 11 is 0. The van der Waals surface area contributed by atoms with Gasteiger partial charge in [0.1, 0.15) is 0 Å². The van der Waals surface area contributed by atoms with Crippen LogP contribution in [-0.4, -0.2) is 36.2 Å². The molecule has 0 aliphatic carbocycles. The van der Waals surface area contributed by atoms with Gasteiger partial charge >= 0.3 is 0 Å². The van der Waals surface area contributed by atoms with Crippen molar-refractivity contribution < 1.29 is 5.11 Å². The Labute approximate surface area is 97.9 Å². The zero-order chi connectivity index (χ0) is 12.0.